The van der Waals surface area contributed by atoms with Gasteiger partial charge in [-0.3, -0.25) is 19.3 Å². The molecular formula is C28H35N3O6. The summed E-state index contributed by atoms with van der Waals surface area (Å²) in [5.74, 6) is -1.36. The van der Waals surface area contributed by atoms with Crippen molar-refractivity contribution in [3.63, 3.8) is 0 Å². The highest BCUT2D eigenvalue weighted by atomic mass is 16.6. The second-order valence-corrected chi connectivity index (χ2v) is 9.45. The fraction of sp³-hybridized carbons (Fsp3) is 0.429. The molecule has 2 N–H and O–H groups in total. The van der Waals surface area contributed by atoms with Crippen molar-refractivity contribution in [1.29, 1.82) is 0 Å². The molecule has 1 fully saturated rings. The van der Waals surface area contributed by atoms with Gasteiger partial charge in [0.05, 0.1) is 0 Å². The van der Waals surface area contributed by atoms with E-state index >= 15 is 0 Å². The van der Waals surface area contributed by atoms with E-state index < -0.39 is 36.0 Å². The van der Waals surface area contributed by atoms with Gasteiger partial charge in [0.15, 0.2) is 0 Å². The zero-order chi connectivity index (χ0) is 26.6. The molecule has 9 heteroatoms. The SMILES string of the molecule is CC(C)C[C@H](NC(=O)[C@@H]1CCCN1C(=O)OCc1ccccc1)C(=O)NCC(=O)OCc1ccccc1. The summed E-state index contributed by atoms with van der Waals surface area (Å²) in [6.45, 7) is 4.19. The van der Waals surface area contributed by atoms with E-state index in [4.69, 9.17) is 9.47 Å². The molecule has 0 unspecified atom stereocenters. The molecule has 37 heavy (non-hydrogen) atoms. The average molecular weight is 510 g/mol. The second kappa shape index (κ2) is 14.0. The van der Waals surface area contributed by atoms with Gasteiger partial charge in [-0.2, -0.15) is 0 Å². The summed E-state index contributed by atoms with van der Waals surface area (Å²) >= 11 is 0. The topological polar surface area (TPSA) is 114 Å². The first-order valence-electron chi connectivity index (χ1n) is 12.6. The number of hydrogen-bond acceptors (Lipinski definition) is 6. The van der Waals surface area contributed by atoms with Crippen molar-refractivity contribution in [3.8, 4) is 0 Å². The molecule has 1 aliphatic rings. The Balaban J connectivity index is 1.51. The largest absolute Gasteiger partial charge is 0.460 e. The molecule has 3 rings (SSSR count). The summed E-state index contributed by atoms with van der Waals surface area (Å²) in [6, 6.07) is 17.0. The molecule has 1 aliphatic heterocycles. The summed E-state index contributed by atoms with van der Waals surface area (Å²) in [5.41, 5.74) is 1.70. The van der Waals surface area contributed by atoms with Gasteiger partial charge in [0.2, 0.25) is 11.8 Å². The van der Waals surface area contributed by atoms with Gasteiger partial charge in [-0.05, 0) is 36.3 Å². The van der Waals surface area contributed by atoms with Gasteiger partial charge >= 0.3 is 12.1 Å². The molecule has 0 radical (unpaired) electrons. The molecule has 0 aliphatic carbocycles. The molecule has 1 heterocycles. The van der Waals surface area contributed by atoms with Gasteiger partial charge in [0, 0.05) is 6.54 Å². The lowest BCUT2D eigenvalue weighted by Crippen LogP contribution is -2.54. The Bertz CT molecular complexity index is 1040. The molecule has 0 bridgehead atoms. The highest BCUT2D eigenvalue weighted by Crippen LogP contribution is 2.20. The predicted octanol–water partition coefficient (Wildman–Crippen LogP) is 3.18. The molecule has 0 aromatic heterocycles. The number of carbonyl (C=O) groups is 4. The minimum Gasteiger partial charge on any atom is -0.460 e. The molecule has 2 aromatic rings. The summed E-state index contributed by atoms with van der Waals surface area (Å²) in [4.78, 5) is 52.1. The van der Waals surface area contributed by atoms with E-state index in [1.54, 1.807) is 0 Å². The number of benzene rings is 2. The van der Waals surface area contributed by atoms with E-state index in [0.717, 1.165) is 11.1 Å². The molecule has 0 spiro atoms. The smallest absolute Gasteiger partial charge is 0.410 e. The number of nitrogens with zero attached hydrogens (tertiary/aromatic N) is 1. The van der Waals surface area contributed by atoms with Crippen LogP contribution in [0.4, 0.5) is 4.79 Å². The zero-order valence-corrected chi connectivity index (χ0v) is 21.4. The maximum absolute atomic E-state index is 13.1. The van der Waals surface area contributed by atoms with Gasteiger partial charge in [0.25, 0.3) is 0 Å². The van der Waals surface area contributed by atoms with Crippen LogP contribution < -0.4 is 10.6 Å². The fourth-order valence-corrected chi connectivity index (χ4v) is 4.10. The molecule has 1 saturated heterocycles. The molecule has 0 saturated carbocycles. The number of amides is 3. The van der Waals surface area contributed by atoms with Crippen LogP contribution in [0.25, 0.3) is 0 Å². The van der Waals surface area contributed by atoms with Crippen LogP contribution in [0.1, 0.15) is 44.2 Å². The standard InChI is InChI=1S/C28H35N3O6/c1-20(2)16-23(26(33)29-17-25(32)36-18-21-10-5-3-6-11-21)30-27(34)24-14-9-15-31(24)28(35)37-19-22-12-7-4-8-13-22/h3-8,10-13,20,23-24H,9,14-19H2,1-2H3,(H,29,33)(H,30,34)/t23-,24-/m0/s1. The number of likely N-dealkylation sites (tertiary alicyclic amines) is 1. The van der Waals surface area contributed by atoms with E-state index in [1.165, 1.54) is 4.90 Å². The maximum atomic E-state index is 13.1. The van der Waals surface area contributed by atoms with E-state index in [9.17, 15) is 19.2 Å². The summed E-state index contributed by atoms with van der Waals surface area (Å²) in [6.07, 6.45) is 0.954. The normalized spacial score (nSPS) is 15.6. The van der Waals surface area contributed by atoms with Crippen LogP contribution in [-0.2, 0) is 37.1 Å². The highest BCUT2D eigenvalue weighted by Gasteiger charge is 2.37. The van der Waals surface area contributed by atoms with E-state index in [2.05, 4.69) is 10.6 Å². The predicted molar refractivity (Wildman–Crippen MR) is 137 cm³/mol. The molecular weight excluding hydrogens is 474 g/mol. The quantitative estimate of drug-likeness (QED) is 0.450. The second-order valence-electron chi connectivity index (χ2n) is 9.45. The van der Waals surface area contributed by atoms with Crippen molar-refractivity contribution in [3.05, 3.63) is 71.8 Å². The van der Waals surface area contributed by atoms with Gasteiger partial charge in [0.1, 0.15) is 31.8 Å². The Morgan fingerprint density at radius 2 is 1.51 bits per heavy atom. The first kappa shape index (κ1) is 27.7. The summed E-state index contributed by atoms with van der Waals surface area (Å²) in [5, 5.41) is 5.34. The first-order chi connectivity index (χ1) is 17.8. The first-order valence-corrected chi connectivity index (χ1v) is 12.6. The number of rotatable bonds is 11. The van der Waals surface area contributed by atoms with Crippen LogP contribution >= 0.6 is 0 Å². The molecule has 3 amide bonds. The van der Waals surface area contributed by atoms with Crippen LogP contribution in [-0.4, -0.2) is 54.0 Å². The third-order valence-electron chi connectivity index (χ3n) is 5.98. The van der Waals surface area contributed by atoms with Gasteiger partial charge in [-0.15, -0.1) is 0 Å². The van der Waals surface area contributed by atoms with E-state index in [0.29, 0.717) is 25.8 Å². The van der Waals surface area contributed by atoms with Gasteiger partial charge in [-0.1, -0.05) is 74.5 Å². The number of ether oxygens (including phenoxy) is 2. The van der Waals surface area contributed by atoms with Crippen LogP contribution in [0, 0.1) is 5.92 Å². The Morgan fingerprint density at radius 1 is 0.919 bits per heavy atom. The number of nitrogens with one attached hydrogen (secondary N) is 2. The maximum Gasteiger partial charge on any atom is 0.410 e. The van der Waals surface area contributed by atoms with Crippen molar-refractivity contribution in [2.45, 2.75) is 58.4 Å². The highest BCUT2D eigenvalue weighted by molar-refractivity contribution is 5.92. The minimum absolute atomic E-state index is 0.108. The van der Waals surface area contributed by atoms with Crippen LogP contribution in [0.3, 0.4) is 0 Å². The minimum atomic E-state index is -0.850. The lowest BCUT2D eigenvalue weighted by Gasteiger charge is -2.26. The molecule has 2 atom stereocenters. The fourth-order valence-electron chi connectivity index (χ4n) is 4.10. The summed E-state index contributed by atoms with van der Waals surface area (Å²) in [7, 11) is 0. The summed E-state index contributed by atoms with van der Waals surface area (Å²) < 4.78 is 10.6. The third-order valence-corrected chi connectivity index (χ3v) is 5.98. The van der Waals surface area contributed by atoms with E-state index in [1.807, 2.05) is 74.5 Å². The molecule has 9 nitrogen and oxygen atoms in total. The Labute approximate surface area is 217 Å². The van der Waals surface area contributed by atoms with Crippen molar-refractivity contribution < 1.29 is 28.7 Å². The van der Waals surface area contributed by atoms with Crippen molar-refractivity contribution >= 4 is 23.9 Å². The van der Waals surface area contributed by atoms with Crippen LogP contribution in [0.5, 0.6) is 0 Å². The Morgan fingerprint density at radius 3 is 2.11 bits per heavy atom. The molecule has 2 aromatic carbocycles. The van der Waals surface area contributed by atoms with Crippen LogP contribution in [0.2, 0.25) is 0 Å². The van der Waals surface area contributed by atoms with Crippen molar-refractivity contribution in [1.82, 2.24) is 15.5 Å². The van der Waals surface area contributed by atoms with Gasteiger partial charge in [-0.25, -0.2) is 4.79 Å². The number of hydrogen-bond donors (Lipinski definition) is 2. The third kappa shape index (κ3) is 8.93. The van der Waals surface area contributed by atoms with Crippen molar-refractivity contribution in [2.75, 3.05) is 13.1 Å². The average Bonchev–Trinajstić information content (AvgIpc) is 3.40. The Hall–Kier alpha value is -3.88. The van der Waals surface area contributed by atoms with Gasteiger partial charge < -0.3 is 20.1 Å². The number of esters is 1. The lowest BCUT2D eigenvalue weighted by atomic mass is 10.0. The monoisotopic (exact) mass is 509 g/mol. The van der Waals surface area contributed by atoms with Crippen molar-refractivity contribution in [2.24, 2.45) is 5.92 Å². The van der Waals surface area contributed by atoms with Crippen LogP contribution in [0.15, 0.2) is 60.7 Å². The lowest BCUT2D eigenvalue weighted by molar-refractivity contribution is -0.145. The Kier molecular flexibility index (Phi) is 10.5. The zero-order valence-electron chi connectivity index (χ0n) is 21.4. The number of carbonyl (C=O) groups excluding carboxylic acids is 4. The van der Waals surface area contributed by atoms with E-state index in [-0.39, 0.29) is 25.7 Å². The molecule has 198 valence electrons.